The summed E-state index contributed by atoms with van der Waals surface area (Å²) in [7, 11) is 0. The maximum absolute atomic E-state index is 13.6. The van der Waals surface area contributed by atoms with Crippen LogP contribution in [0.1, 0.15) is 18.4 Å². The predicted octanol–water partition coefficient (Wildman–Crippen LogP) is 3.74. The molecule has 0 spiro atoms. The number of fused-ring (bicyclic) bond motifs is 2. The third-order valence-electron chi connectivity index (χ3n) is 5.89. The van der Waals surface area contributed by atoms with Gasteiger partial charge in [0.15, 0.2) is 30.0 Å². The van der Waals surface area contributed by atoms with Crippen molar-refractivity contribution in [1.29, 1.82) is 0 Å². The molecule has 5 heterocycles. The molecule has 0 unspecified atom stereocenters. The molecule has 0 atom stereocenters. The normalized spacial score (nSPS) is 20.1. The van der Waals surface area contributed by atoms with Crippen molar-refractivity contribution in [3.63, 3.8) is 0 Å². The summed E-state index contributed by atoms with van der Waals surface area (Å²) in [6.07, 6.45) is 6.51. The Labute approximate surface area is 170 Å². The molecule has 8 heteroatoms. The number of halogens is 2. The van der Waals surface area contributed by atoms with E-state index < -0.39 is 6.29 Å². The Bertz CT molecular complexity index is 1230. The van der Waals surface area contributed by atoms with E-state index >= 15 is 0 Å². The van der Waals surface area contributed by atoms with Gasteiger partial charge in [0, 0.05) is 60.4 Å². The van der Waals surface area contributed by atoms with Gasteiger partial charge in [-0.1, -0.05) is 12.1 Å². The van der Waals surface area contributed by atoms with Crippen LogP contribution < -0.4 is 14.8 Å². The van der Waals surface area contributed by atoms with Crippen molar-refractivity contribution in [2.75, 3.05) is 13.1 Å². The number of benzene rings is 1. The predicted molar refractivity (Wildman–Crippen MR) is 108 cm³/mol. The number of aromatic nitrogens is 2. The lowest BCUT2D eigenvalue weighted by atomic mass is 9.99. The van der Waals surface area contributed by atoms with E-state index in [9.17, 15) is 8.78 Å². The molecule has 2 N–H and O–H groups in total. The number of H-pyrrole nitrogens is 1. The van der Waals surface area contributed by atoms with Crippen molar-refractivity contribution in [2.45, 2.75) is 25.2 Å². The van der Waals surface area contributed by atoms with E-state index in [0.29, 0.717) is 17.3 Å². The highest BCUT2D eigenvalue weighted by Gasteiger charge is 2.44. The second-order valence-corrected chi connectivity index (χ2v) is 7.76. The molecule has 30 heavy (non-hydrogen) atoms. The van der Waals surface area contributed by atoms with Crippen LogP contribution in [0.4, 0.5) is 8.78 Å². The lowest BCUT2D eigenvalue weighted by molar-refractivity contribution is -0.505. The number of hydrogen-bond donors (Lipinski definition) is 2. The average Bonchev–Trinajstić information content (AvgIpc) is 3.26. The van der Waals surface area contributed by atoms with E-state index in [-0.39, 0.29) is 11.5 Å². The highest BCUT2D eigenvalue weighted by atomic mass is 19.3. The smallest absolute Gasteiger partial charge is 0.395 e. The number of pyridine rings is 1. The number of nitrogens with zero attached hydrogens (tertiary/aromatic N) is 2. The van der Waals surface area contributed by atoms with Gasteiger partial charge in [0.05, 0.1) is 0 Å². The number of hydrogen-bond acceptors (Lipinski definition) is 4. The Morgan fingerprint density at radius 3 is 2.80 bits per heavy atom. The Morgan fingerprint density at radius 2 is 1.97 bits per heavy atom. The maximum atomic E-state index is 13.6. The van der Waals surface area contributed by atoms with Crippen LogP contribution in [-0.2, 0) is 0 Å². The van der Waals surface area contributed by atoms with Crippen LogP contribution in [0.25, 0.3) is 27.7 Å². The zero-order chi connectivity index (χ0) is 20.3. The Kier molecular flexibility index (Phi) is 3.73. The van der Waals surface area contributed by atoms with Gasteiger partial charge < -0.3 is 19.8 Å². The first-order valence-electron chi connectivity index (χ1n) is 9.99. The van der Waals surface area contributed by atoms with Crippen LogP contribution in [-0.4, -0.2) is 46.2 Å². The summed E-state index contributed by atoms with van der Waals surface area (Å²) in [4.78, 5) is 7.64. The quantitative estimate of drug-likeness (QED) is 0.647. The van der Waals surface area contributed by atoms with Crippen molar-refractivity contribution < 1.29 is 22.8 Å². The number of alkyl halides is 2. The van der Waals surface area contributed by atoms with E-state index in [1.165, 1.54) is 6.07 Å². The molecule has 6 nitrogen and oxygen atoms in total. The van der Waals surface area contributed by atoms with Gasteiger partial charge in [-0.05, 0) is 12.1 Å². The highest BCUT2D eigenvalue weighted by molar-refractivity contribution is 6.11. The van der Waals surface area contributed by atoms with Crippen LogP contribution in [0.5, 0.6) is 11.5 Å². The van der Waals surface area contributed by atoms with Gasteiger partial charge in [-0.2, -0.15) is 0 Å². The topological polar surface area (TPSA) is 62.2 Å². The van der Waals surface area contributed by atoms with Gasteiger partial charge in [-0.3, -0.25) is 0 Å². The molecule has 6 rings (SSSR count). The molecule has 1 fully saturated rings. The van der Waals surface area contributed by atoms with Crippen LogP contribution in [0, 0.1) is 0 Å². The third kappa shape index (κ3) is 2.79. The van der Waals surface area contributed by atoms with E-state index in [4.69, 9.17) is 4.74 Å². The fourth-order valence-corrected chi connectivity index (χ4v) is 4.34. The number of para-hydroxylation sites is 1. The summed E-state index contributed by atoms with van der Waals surface area (Å²) in [5, 5.41) is 4.22. The molecule has 0 aliphatic carbocycles. The van der Waals surface area contributed by atoms with Crippen molar-refractivity contribution in [1.82, 2.24) is 15.3 Å². The Morgan fingerprint density at radius 1 is 1.13 bits per heavy atom. The largest absolute Gasteiger partial charge is 0.586 e. The van der Waals surface area contributed by atoms with Gasteiger partial charge in [0.1, 0.15) is 11.2 Å². The first kappa shape index (κ1) is 17.6. The van der Waals surface area contributed by atoms with Crippen molar-refractivity contribution >= 4 is 22.8 Å². The van der Waals surface area contributed by atoms with Gasteiger partial charge in [0.25, 0.3) is 0 Å². The van der Waals surface area contributed by atoms with Crippen LogP contribution in [0.15, 0.2) is 42.9 Å². The summed E-state index contributed by atoms with van der Waals surface area (Å²) >= 11 is 0. The molecular weight excluding hydrogens is 390 g/mol. The lowest BCUT2D eigenvalue weighted by Gasteiger charge is -2.22. The molecule has 2 aromatic heterocycles. The number of allylic oxidation sites excluding steroid dienone is 1. The summed E-state index contributed by atoms with van der Waals surface area (Å²) < 4.78 is 38.8. The summed E-state index contributed by atoms with van der Waals surface area (Å²) in [5.41, 5.74) is 4.07. The minimum absolute atomic E-state index is 0.0311. The number of aromatic amines is 1. The Hall–Kier alpha value is -3.26. The Balaban J connectivity index is 1.35. The standard InChI is InChI=1S/C22H19F2N4O2/c23-22(24)29-19-3-1-2-16(20(19)30-22)18-10-27-21-17(18)8-13(9-26-21)14-11-28(12-14)15-4-6-25-7-5-15/h1-3,8-12,15,25H,4-7H2,(H,26,27)/q+1. The average molecular weight is 409 g/mol. The highest BCUT2D eigenvalue weighted by Crippen LogP contribution is 2.48. The number of nitrogens with one attached hydrogen (secondary N) is 2. The first-order valence-corrected chi connectivity index (χ1v) is 9.99. The lowest BCUT2D eigenvalue weighted by Crippen LogP contribution is -2.38. The van der Waals surface area contributed by atoms with E-state index in [1.807, 2.05) is 12.3 Å². The van der Waals surface area contributed by atoms with E-state index in [0.717, 1.165) is 48.0 Å². The minimum atomic E-state index is -3.66. The number of piperidine rings is 1. The molecule has 1 aromatic carbocycles. The fourth-order valence-electron chi connectivity index (χ4n) is 4.34. The fraction of sp³-hybridized carbons (Fsp3) is 0.273. The SMILES string of the molecule is FC1(F)Oc2cccc(-c3c[nH]c4ncc(C5=C[N+](C6CCNCC6)=C5)cc34)c2O1. The second kappa shape index (κ2) is 6.37. The molecule has 0 saturated carbocycles. The number of ether oxygens (including phenoxy) is 2. The second-order valence-electron chi connectivity index (χ2n) is 7.76. The van der Waals surface area contributed by atoms with E-state index in [1.54, 1.807) is 18.3 Å². The third-order valence-corrected chi connectivity index (χ3v) is 5.89. The van der Waals surface area contributed by atoms with Crippen LogP contribution >= 0.6 is 0 Å². The first-order chi connectivity index (χ1) is 14.6. The molecule has 0 radical (unpaired) electrons. The van der Waals surface area contributed by atoms with Crippen LogP contribution in [0.3, 0.4) is 0 Å². The van der Waals surface area contributed by atoms with Gasteiger partial charge in [0.2, 0.25) is 0 Å². The molecule has 3 aliphatic rings. The van der Waals surface area contributed by atoms with Gasteiger partial charge in [-0.25, -0.2) is 9.56 Å². The molecule has 0 amide bonds. The molecule has 0 bridgehead atoms. The number of rotatable bonds is 3. The van der Waals surface area contributed by atoms with Gasteiger partial charge >= 0.3 is 6.29 Å². The summed E-state index contributed by atoms with van der Waals surface area (Å²) in [5.74, 6) is 0.0731. The molecular formula is C22H19F2N4O2+. The zero-order valence-corrected chi connectivity index (χ0v) is 16.0. The monoisotopic (exact) mass is 409 g/mol. The maximum Gasteiger partial charge on any atom is 0.586 e. The molecule has 152 valence electrons. The molecule has 1 saturated heterocycles. The van der Waals surface area contributed by atoms with Crippen molar-refractivity contribution in [3.05, 3.63) is 48.4 Å². The van der Waals surface area contributed by atoms with Gasteiger partial charge in [-0.15, -0.1) is 8.78 Å². The molecule has 3 aliphatic heterocycles. The van der Waals surface area contributed by atoms with Crippen molar-refractivity contribution in [2.24, 2.45) is 0 Å². The zero-order valence-electron chi connectivity index (χ0n) is 16.0. The summed E-state index contributed by atoms with van der Waals surface area (Å²) in [6.45, 7) is 2.09. The summed E-state index contributed by atoms with van der Waals surface area (Å²) in [6, 6.07) is 7.46. The van der Waals surface area contributed by atoms with Crippen molar-refractivity contribution in [3.8, 4) is 22.6 Å². The van der Waals surface area contributed by atoms with E-state index in [2.05, 4.69) is 37.0 Å². The minimum Gasteiger partial charge on any atom is -0.395 e. The van der Waals surface area contributed by atoms with Crippen LogP contribution in [0.2, 0.25) is 0 Å². The molecule has 3 aromatic rings.